The second-order valence-electron chi connectivity index (χ2n) is 4.86. The van der Waals surface area contributed by atoms with Crippen molar-refractivity contribution in [2.45, 2.75) is 0 Å². The molecular weight excluding hydrogens is 370 g/mol. The van der Waals surface area contributed by atoms with E-state index in [1.54, 1.807) is 12.4 Å². The molecular formula is C17H13N5O2S2. The van der Waals surface area contributed by atoms with E-state index in [9.17, 15) is 9.59 Å². The third-order valence-corrected chi connectivity index (χ3v) is 4.67. The first kappa shape index (κ1) is 17.6. The summed E-state index contributed by atoms with van der Waals surface area (Å²) in [6.45, 7) is 0. The van der Waals surface area contributed by atoms with Gasteiger partial charge in [0.2, 0.25) is 0 Å². The second kappa shape index (κ2) is 8.79. The molecule has 3 heterocycles. The first-order valence-electron chi connectivity index (χ1n) is 7.42. The molecule has 0 aliphatic rings. The molecule has 0 atom stereocenters. The van der Waals surface area contributed by atoms with E-state index in [2.05, 4.69) is 26.0 Å². The van der Waals surface area contributed by atoms with Gasteiger partial charge in [-0.1, -0.05) is 12.1 Å². The summed E-state index contributed by atoms with van der Waals surface area (Å²) >= 11 is 3.02. The Kier molecular flexibility index (Phi) is 5.96. The number of carbonyl (C=O) groups excluding carboxylic acids is 2. The van der Waals surface area contributed by atoms with Crippen molar-refractivity contribution in [2.24, 2.45) is 10.2 Å². The van der Waals surface area contributed by atoms with Crippen molar-refractivity contribution in [1.82, 2.24) is 15.8 Å². The van der Waals surface area contributed by atoms with E-state index in [-0.39, 0.29) is 5.69 Å². The van der Waals surface area contributed by atoms with E-state index in [1.165, 1.54) is 41.0 Å². The molecule has 2 N–H and O–H groups in total. The highest BCUT2D eigenvalue weighted by Gasteiger charge is 2.09. The van der Waals surface area contributed by atoms with Crippen molar-refractivity contribution in [1.29, 1.82) is 0 Å². The minimum absolute atomic E-state index is 0.159. The summed E-state index contributed by atoms with van der Waals surface area (Å²) in [5.41, 5.74) is 5.26. The summed E-state index contributed by atoms with van der Waals surface area (Å²) in [6, 6.07) is 10.5. The van der Waals surface area contributed by atoms with Gasteiger partial charge in [0.1, 0.15) is 5.69 Å². The van der Waals surface area contributed by atoms with Crippen LogP contribution in [0.2, 0.25) is 0 Å². The Labute approximate surface area is 157 Å². The van der Waals surface area contributed by atoms with Gasteiger partial charge < -0.3 is 0 Å². The lowest BCUT2D eigenvalue weighted by atomic mass is 10.2. The fraction of sp³-hybridized carbons (Fsp3) is 0. The Morgan fingerprint density at radius 3 is 2.00 bits per heavy atom. The van der Waals surface area contributed by atoms with Gasteiger partial charge in [0.05, 0.1) is 18.0 Å². The van der Waals surface area contributed by atoms with Crippen LogP contribution in [0, 0.1) is 0 Å². The number of rotatable bonds is 6. The number of nitrogens with one attached hydrogen (secondary N) is 2. The smallest absolute Gasteiger partial charge is 0.267 e. The minimum atomic E-state index is -0.458. The van der Waals surface area contributed by atoms with Gasteiger partial charge in [0.25, 0.3) is 11.8 Å². The number of hydrogen-bond acceptors (Lipinski definition) is 7. The maximum absolute atomic E-state index is 12.0. The normalized spacial score (nSPS) is 11.1. The van der Waals surface area contributed by atoms with Gasteiger partial charge in [0.15, 0.2) is 0 Å². The molecule has 3 aromatic rings. The van der Waals surface area contributed by atoms with Crippen molar-refractivity contribution in [3.63, 3.8) is 0 Å². The molecule has 7 nitrogen and oxygen atoms in total. The molecule has 26 heavy (non-hydrogen) atoms. The molecule has 0 aliphatic heterocycles. The summed E-state index contributed by atoms with van der Waals surface area (Å²) in [6.07, 6.45) is 4.42. The molecule has 0 spiro atoms. The van der Waals surface area contributed by atoms with E-state index in [0.717, 1.165) is 9.75 Å². The van der Waals surface area contributed by atoms with Crippen LogP contribution in [0.4, 0.5) is 0 Å². The zero-order valence-corrected chi connectivity index (χ0v) is 15.0. The van der Waals surface area contributed by atoms with Crippen LogP contribution in [0.5, 0.6) is 0 Å². The van der Waals surface area contributed by atoms with Crippen LogP contribution in [-0.4, -0.2) is 29.2 Å². The van der Waals surface area contributed by atoms with Gasteiger partial charge in [-0.05, 0) is 35.0 Å². The minimum Gasteiger partial charge on any atom is -0.267 e. The van der Waals surface area contributed by atoms with E-state index in [1.807, 2.05) is 35.0 Å². The summed E-state index contributed by atoms with van der Waals surface area (Å²) in [4.78, 5) is 29.8. The maximum Gasteiger partial charge on any atom is 0.289 e. The highest BCUT2D eigenvalue weighted by atomic mass is 32.1. The Bertz CT molecular complexity index is 839. The lowest BCUT2D eigenvalue weighted by molar-refractivity contribution is 0.0939. The number of aromatic nitrogens is 1. The quantitative estimate of drug-likeness (QED) is 0.506. The van der Waals surface area contributed by atoms with Crippen LogP contribution >= 0.6 is 22.7 Å². The number of thiophene rings is 2. The van der Waals surface area contributed by atoms with Crippen LogP contribution in [0.15, 0.2) is 63.6 Å². The van der Waals surface area contributed by atoms with Crippen molar-refractivity contribution >= 4 is 46.9 Å². The molecule has 0 aliphatic carbocycles. The van der Waals surface area contributed by atoms with Crippen LogP contribution in [0.25, 0.3) is 0 Å². The number of pyridine rings is 1. The van der Waals surface area contributed by atoms with Crippen molar-refractivity contribution in [3.05, 3.63) is 74.4 Å². The Balaban J connectivity index is 1.53. The van der Waals surface area contributed by atoms with Crippen molar-refractivity contribution in [3.8, 4) is 0 Å². The van der Waals surface area contributed by atoms with Crippen molar-refractivity contribution in [2.75, 3.05) is 0 Å². The molecule has 2 amide bonds. The SMILES string of the molecule is O=C(NN=Cc1cccs1)c1ccc(C(=O)NN=Cc2cccs2)nc1. The van der Waals surface area contributed by atoms with Gasteiger partial charge in [-0.3, -0.25) is 14.6 Å². The zero-order chi connectivity index (χ0) is 18.2. The van der Waals surface area contributed by atoms with E-state index in [4.69, 9.17) is 0 Å². The topological polar surface area (TPSA) is 95.8 Å². The number of hydrazone groups is 2. The van der Waals surface area contributed by atoms with Gasteiger partial charge in [-0.2, -0.15) is 10.2 Å². The fourth-order valence-corrected chi connectivity index (χ4v) is 2.99. The molecule has 3 aromatic heterocycles. The lowest BCUT2D eigenvalue weighted by Crippen LogP contribution is -2.21. The molecule has 0 bridgehead atoms. The van der Waals surface area contributed by atoms with Crippen molar-refractivity contribution < 1.29 is 9.59 Å². The van der Waals surface area contributed by atoms with Crippen LogP contribution in [-0.2, 0) is 0 Å². The van der Waals surface area contributed by atoms with E-state index >= 15 is 0 Å². The van der Waals surface area contributed by atoms with Crippen LogP contribution < -0.4 is 10.9 Å². The highest BCUT2D eigenvalue weighted by molar-refractivity contribution is 7.12. The van der Waals surface area contributed by atoms with Gasteiger partial charge in [-0.15, -0.1) is 22.7 Å². The zero-order valence-electron chi connectivity index (χ0n) is 13.3. The third-order valence-electron chi connectivity index (χ3n) is 3.06. The molecule has 0 unspecified atom stereocenters. The molecule has 0 radical (unpaired) electrons. The predicted octanol–water partition coefficient (Wildman–Crippen LogP) is 2.73. The molecule has 0 saturated carbocycles. The van der Waals surface area contributed by atoms with Crippen LogP contribution in [0.1, 0.15) is 30.6 Å². The number of amides is 2. The third kappa shape index (κ3) is 4.91. The fourth-order valence-electron chi connectivity index (χ4n) is 1.82. The predicted molar refractivity (Wildman–Crippen MR) is 103 cm³/mol. The Morgan fingerprint density at radius 2 is 1.50 bits per heavy atom. The van der Waals surface area contributed by atoms with E-state index in [0.29, 0.717) is 5.56 Å². The second-order valence-corrected chi connectivity index (χ2v) is 6.82. The lowest BCUT2D eigenvalue weighted by Gasteiger charge is -2.01. The molecule has 130 valence electrons. The number of hydrogen-bond donors (Lipinski definition) is 2. The van der Waals surface area contributed by atoms with E-state index < -0.39 is 11.8 Å². The average molecular weight is 383 g/mol. The molecule has 0 fully saturated rings. The molecule has 3 rings (SSSR count). The van der Waals surface area contributed by atoms with Gasteiger partial charge in [-0.25, -0.2) is 10.9 Å². The summed E-state index contributed by atoms with van der Waals surface area (Å²) in [5, 5.41) is 11.6. The molecule has 0 aromatic carbocycles. The standard InChI is InChI=1S/C17H13N5O2S2/c23-16(21-19-10-13-3-1-7-25-13)12-5-6-15(18-9-12)17(24)22-20-11-14-4-2-8-26-14/h1-11H,(H,21,23)(H,22,24). The average Bonchev–Trinajstić information content (AvgIpc) is 3.36. The summed E-state index contributed by atoms with van der Waals surface area (Å²) in [7, 11) is 0. The first-order valence-corrected chi connectivity index (χ1v) is 9.18. The Hall–Kier alpha value is -3.17. The molecule has 0 saturated heterocycles. The first-order chi connectivity index (χ1) is 12.7. The largest absolute Gasteiger partial charge is 0.289 e. The summed E-state index contributed by atoms with van der Waals surface area (Å²) < 4.78 is 0. The van der Waals surface area contributed by atoms with Gasteiger partial charge >= 0.3 is 0 Å². The summed E-state index contributed by atoms with van der Waals surface area (Å²) in [5.74, 6) is -0.867. The monoisotopic (exact) mass is 383 g/mol. The molecule has 9 heteroatoms. The van der Waals surface area contributed by atoms with Gasteiger partial charge in [0, 0.05) is 16.0 Å². The Morgan fingerprint density at radius 1 is 0.885 bits per heavy atom. The number of nitrogens with zero attached hydrogens (tertiary/aromatic N) is 3. The highest BCUT2D eigenvalue weighted by Crippen LogP contribution is 2.05. The maximum atomic E-state index is 12.0. The van der Waals surface area contributed by atoms with Crippen LogP contribution in [0.3, 0.4) is 0 Å². The number of carbonyl (C=O) groups is 2.